The number of Topliss-reactive ketones (excluding diaryl/α,β-unsaturated/α-hetero) is 1. The standard InChI is InChI=1S/C32H52O3/c1-19-10-13-29(6)16-17-32(9)27(26(29)20(19)2)22(34)18-24-30(7)14-12-25(35-21(3)33)28(4,5)23(30)11-15-31(24,32)8/h19-20,23-27H,10-18H2,1-9H3/t19-,20+,23+,24-,25?,26+,27-,29-,30+,31-,32-/m1/s1. The second-order valence-corrected chi connectivity index (χ2v) is 15.6. The molecule has 3 nitrogen and oxygen atoms in total. The predicted molar refractivity (Wildman–Crippen MR) is 141 cm³/mol. The third-order valence-corrected chi connectivity index (χ3v) is 14.1. The highest BCUT2D eigenvalue weighted by Crippen LogP contribution is 2.76. The maximum Gasteiger partial charge on any atom is 0.302 e. The fourth-order valence-corrected chi connectivity index (χ4v) is 11.7. The van der Waals surface area contributed by atoms with Crippen molar-refractivity contribution in [3.63, 3.8) is 0 Å². The summed E-state index contributed by atoms with van der Waals surface area (Å²) in [6.07, 6.45) is 10.3. The molecule has 1 unspecified atom stereocenters. The molecule has 3 heteroatoms. The lowest BCUT2D eigenvalue weighted by Crippen LogP contribution is -2.69. The second kappa shape index (κ2) is 7.83. The lowest BCUT2D eigenvalue weighted by molar-refractivity contribution is -0.248. The van der Waals surface area contributed by atoms with E-state index in [4.69, 9.17) is 4.74 Å². The van der Waals surface area contributed by atoms with Crippen LogP contribution in [0, 0.1) is 62.6 Å². The van der Waals surface area contributed by atoms with Crippen LogP contribution < -0.4 is 0 Å². The van der Waals surface area contributed by atoms with Gasteiger partial charge >= 0.3 is 5.97 Å². The van der Waals surface area contributed by atoms with Gasteiger partial charge in [0.05, 0.1) is 0 Å². The molecule has 0 saturated heterocycles. The average molecular weight is 485 g/mol. The SMILES string of the molecule is CC(=O)OC1CC[C@]2(C)[C@H]3CC(=O)[C@@H]4[C@@H]5[C@@H](C)[C@H](C)CC[C@]5(C)CC[C@@]4(C)[C@]3(C)CC[C@H]2C1(C)C. The molecule has 0 aromatic carbocycles. The van der Waals surface area contributed by atoms with Gasteiger partial charge in [-0.3, -0.25) is 9.59 Å². The summed E-state index contributed by atoms with van der Waals surface area (Å²) in [5.74, 6) is 3.47. The minimum absolute atomic E-state index is 0.00924. The van der Waals surface area contributed by atoms with Crippen LogP contribution in [-0.2, 0) is 14.3 Å². The van der Waals surface area contributed by atoms with Gasteiger partial charge in [-0.15, -0.1) is 0 Å². The van der Waals surface area contributed by atoms with Crippen molar-refractivity contribution < 1.29 is 14.3 Å². The molecule has 0 aromatic heterocycles. The van der Waals surface area contributed by atoms with Crippen molar-refractivity contribution in [1.29, 1.82) is 0 Å². The Morgan fingerprint density at radius 3 is 2.17 bits per heavy atom. The molecule has 0 spiro atoms. The van der Waals surface area contributed by atoms with Gasteiger partial charge in [-0.1, -0.05) is 55.4 Å². The minimum atomic E-state index is -0.156. The minimum Gasteiger partial charge on any atom is -0.462 e. The number of ketones is 1. The Morgan fingerprint density at radius 1 is 0.829 bits per heavy atom. The summed E-state index contributed by atoms with van der Waals surface area (Å²) >= 11 is 0. The van der Waals surface area contributed by atoms with Crippen molar-refractivity contribution in [2.45, 2.75) is 126 Å². The Bertz CT molecular complexity index is 906. The fourth-order valence-electron chi connectivity index (χ4n) is 11.7. The molecule has 5 fully saturated rings. The van der Waals surface area contributed by atoms with Gasteiger partial charge in [-0.05, 0) is 103 Å². The molecule has 0 aromatic rings. The molecule has 0 N–H and O–H groups in total. The maximum absolute atomic E-state index is 14.4. The number of ether oxygens (including phenoxy) is 1. The molecule has 5 aliphatic rings. The largest absolute Gasteiger partial charge is 0.462 e. The molecule has 5 saturated carbocycles. The summed E-state index contributed by atoms with van der Waals surface area (Å²) in [5, 5.41) is 0. The Morgan fingerprint density at radius 2 is 1.51 bits per heavy atom. The number of hydrogen-bond acceptors (Lipinski definition) is 3. The van der Waals surface area contributed by atoms with Gasteiger partial charge in [-0.25, -0.2) is 0 Å². The summed E-state index contributed by atoms with van der Waals surface area (Å²) in [5.41, 5.74) is 0.693. The van der Waals surface area contributed by atoms with Crippen LogP contribution in [0.3, 0.4) is 0 Å². The second-order valence-electron chi connectivity index (χ2n) is 15.6. The van der Waals surface area contributed by atoms with Crippen molar-refractivity contribution in [3.05, 3.63) is 0 Å². The van der Waals surface area contributed by atoms with Gasteiger partial charge in [0.2, 0.25) is 0 Å². The summed E-state index contributed by atoms with van der Waals surface area (Å²) in [6, 6.07) is 0. The van der Waals surface area contributed by atoms with E-state index in [1.807, 2.05) is 0 Å². The number of carbonyl (C=O) groups excluding carboxylic acids is 2. The molecule has 5 rings (SSSR count). The summed E-state index contributed by atoms with van der Waals surface area (Å²) in [4.78, 5) is 26.3. The van der Waals surface area contributed by atoms with Crippen molar-refractivity contribution in [1.82, 2.24) is 0 Å². The fraction of sp³-hybridized carbons (Fsp3) is 0.938. The highest BCUT2D eigenvalue weighted by atomic mass is 16.5. The first-order valence-corrected chi connectivity index (χ1v) is 14.8. The van der Waals surface area contributed by atoms with Crippen LogP contribution in [0.25, 0.3) is 0 Å². The molecule has 0 radical (unpaired) electrons. The molecule has 0 aliphatic heterocycles. The van der Waals surface area contributed by atoms with E-state index < -0.39 is 0 Å². The highest BCUT2D eigenvalue weighted by molar-refractivity contribution is 5.84. The third-order valence-electron chi connectivity index (χ3n) is 14.1. The number of fused-ring (bicyclic) bond motifs is 7. The number of hydrogen-bond donors (Lipinski definition) is 0. The summed E-state index contributed by atoms with van der Waals surface area (Å²) in [7, 11) is 0. The average Bonchev–Trinajstić information content (AvgIpc) is 2.76. The van der Waals surface area contributed by atoms with E-state index in [1.54, 1.807) is 6.92 Å². The lowest BCUT2D eigenvalue weighted by Gasteiger charge is -2.73. The number of rotatable bonds is 1. The van der Waals surface area contributed by atoms with Crippen molar-refractivity contribution in [2.75, 3.05) is 0 Å². The number of carbonyl (C=O) groups is 2. The first-order valence-electron chi connectivity index (χ1n) is 14.8. The van der Waals surface area contributed by atoms with E-state index >= 15 is 0 Å². The van der Waals surface area contributed by atoms with Gasteiger partial charge in [0.15, 0.2) is 0 Å². The Labute approximate surface area is 214 Å². The molecule has 0 amide bonds. The molecule has 0 bridgehead atoms. The van der Waals surface area contributed by atoms with Gasteiger partial charge in [0.1, 0.15) is 11.9 Å². The quantitative estimate of drug-likeness (QED) is 0.356. The zero-order valence-electron chi connectivity index (χ0n) is 24.1. The Kier molecular flexibility index (Phi) is 5.76. The van der Waals surface area contributed by atoms with Crippen molar-refractivity contribution >= 4 is 11.8 Å². The Balaban J connectivity index is 1.54. The topological polar surface area (TPSA) is 43.4 Å². The first kappa shape index (κ1) is 25.8. The molecular formula is C32H52O3. The number of esters is 1. The van der Waals surface area contributed by atoms with Crippen molar-refractivity contribution in [2.24, 2.45) is 62.6 Å². The smallest absolute Gasteiger partial charge is 0.302 e. The van der Waals surface area contributed by atoms with E-state index in [0.717, 1.165) is 25.2 Å². The van der Waals surface area contributed by atoms with Crippen molar-refractivity contribution in [3.8, 4) is 0 Å². The maximum atomic E-state index is 14.4. The summed E-state index contributed by atoms with van der Waals surface area (Å²) in [6.45, 7) is 21.3. The Hall–Kier alpha value is -0.860. The van der Waals surface area contributed by atoms with E-state index in [-0.39, 0.29) is 39.7 Å². The zero-order chi connectivity index (χ0) is 25.8. The van der Waals surface area contributed by atoms with E-state index in [1.165, 1.54) is 38.5 Å². The van der Waals surface area contributed by atoms with Gasteiger partial charge in [-0.2, -0.15) is 0 Å². The predicted octanol–water partition coefficient (Wildman–Crippen LogP) is 7.85. The van der Waals surface area contributed by atoms with E-state index in [9.17, 15) is 9.59 Å². The summed E-state index contributed by atoms with van der Waals surface area (Å²) < 4.78 is 5.87. The highest BCUT2D eigenvalue weighted by Gasteiger charge is 2.72. The van der Waals surface area contributed by atoms with Crippen LogP contribution in [0.1, 0.15) is 120 Å². The molecule has 198 valence electrons. The first-order chi connectivity index (χ1) is 16.1. The van der Waals surface area contributed by atoms with Crippen LogP contribution in [0.4, 0.5) is 0 Å². The van der Waals surface area contributed by atoms with Crippen LogP contribution in [0.5, 0.6) is 0 Å². The molecule has 5 aliphatic carbocycles. The van der Waals surface area contributed by atoms with Gasteiger partial charge in [0.25, 0.3) is 0 Å². The zero-order valence-corrected chi connectivity index (χ0v) is 24.1. The van der Waals surface area contributed by atoms with Gasteiger partial charge < -0.3 is 4.74 Å². The molecular weight excluding hydrogens is 432 g/mol. The van der Waals surface area contributed by atoms with Crippen LogP contribution in [0.2, 0.25) is 0 Å². The normalized spacial score (nSPS) is 55.1. The lowest BCUT2D eigenvalue weighted by atomic mass is 9.31. The molecule has 0 heterocycles. The van der Waals surface area contributed by atoms with E-state index in [2.05, 4.69) is 55.4 Å². The third kappa shape index (κ3) is 3.27. The molecule has 35 heavy (non-hydrogen) atoms. The van der Waals surface area contributed by atoms with Crippen LogP contribution in [0.15, 0.2) is 0 Å². The van der Waals surface area contributed by atoms with Gasteiger partial charge in [0, 0.05) is 24.7 Å². The molecule has 11 atom stereocenters. The van der Waals surface area contributed by atoms with E-state index in [0.29, 0.717) is 34.9 Å². The monoisotopic (exact) mass is 484 g/mol. The van der Waals surface area contributed by atoms with Crippen LogP contribution in [-0.4, -0.2) is 17.9 Å². The van der Waals surface area contributed by atoms with Crippen LogP contribution >= 0.6 is 0 Å².